The Hall–Kier alpha value is -3.87. The molecule has 2 heterocycles. The third-order valence-electron chi connectivity index (χ3n) is 5.28. The number of methoxy groups -OCH3 is 1. The van der Waals surface area contributed by atoms with E-state index in [9.17, 15) is 9.59 Å². The normalized spacial score (nSPS) is 12.0. The van der Waals surface area contributed by atoms with Crippen molar-refractivity contribution in [2.45, 2.75) is 26.4 Å². The molecule has 2 amide bonds. The lowest BCUT2D eigenvalue weighted by Gasteiger charge is -2.14. The topological polar surface area (TPSA) is 96.1 Å². The first-order chi connectivity index (χ1) is 15.0. The van der Waals surface area contributed by atoms with Gasteiger partial charge in [-0.25, -0.2) is 4.98 Å². The van der Waals surface area contributed by atoms with Gasteiger partial charge in [0.25, 0.3) is 5.91 Å². The molecule has 0 fully saturated rings. The van der Waals surface area contributed by atoms with E-state index in [-0.39, 0.29) is 17.5 Å². The second-order valence-electron chi connectivity index (χ2n) is 7.45. The van der Waals surface area contributed by atoms with Crippen LogP contribution in [-0.2, 0) is 11.3 Å². The number of hydrogen-bond donors (Lipinski definition) is 3. The van der Waals surface area contributed by atoms with Crippen LogP contribution in [0.2, 0.25) is 0 Å². The molecule has 2 aromatic heterocycles. The van der Waals surface area contributed by atoms with Gasteiger partial charge in [-0.1, -0.05) is 30.3 Å². The number of amides is 2. The van der Waals surface area contributed by atoms with Crippen LogP contribution in [0.5, 0.6) is 5.75 Å². The molecule has 3 N–H and O–H groups in total. The molecule has 2 aromatic carbocycles. The largest absolute Gasteiger partial charge is 0.497 e. The predicted molar refractivity (Wildman–Crippen MR) is 120 cm³/mol. The Labute approximate surface area is 179 Å². The Morgan fingerprint density at radius 3 is 2.58 bits per heavy atom. The molecule has 0 saturated carbocycles. The molecule has 0 aliphatic carbocycles. The van der Waals surface area contributed by atoms with Crippen LogP contribution in [0.1, 0.15) is 28.7 Å². The Morgan fingerprint density at radius 1 is 1.10 bits per heavy atom. The highest BCUT2D eigenvalue weighted by molar-refractivity contribution is 6.10. The number of H-pyrrole nitrogens is 1. The zero-order chi connectivity index (χ0) is 22.0. The van der Waals surface area contributed by atoms with E-state index in [0.29, 0.717) is 6.54 Å². The highest BCUT2D eigenvalue weighted by atomic mass is 16.5. The molecule has 0 saturated heterocycles. The fraction of sp³-hybridized carbons (Fsp3) is 0.208. The van der Waals surface area contributed by atoms with E-state index in [1.165, 1.54) is 0 Å². The Kier molecular flexibility index (Phi) is 5.58. The van der Waals surface area contributed by atoms with Crippen molar-refractivity contribution < 1.29 is 14.3 Å². The van der Waals surface area contributed by atoms with Gasteiger partial charge in [0.2, 0.25) is 5.91 Å². The van der Waals surface area contributed by atoms with Crippen molar-refractivity contribution in [3.05, 3.63) is 71.5 Å². The number of hydrogen-bond acceptors (Lipinski definition) is 4. The summed E-state index contributed by atoms with van der Waals surface area (Å²) in [6.07, 6.45) is 0. The van der Waals surface area contributed by atoms with Gasteiger partial charge in [-0.15, -0.1) is 0 Å². The van der Waals surface area contributed by atoms with Crippen LogP contribution in [0.25, 0.3) is 21.8 Å². The summed E-state index contributed by atoms with van der Waals surface area (Å²) >= 11 is 0. The van der Waals surface area contributed by atoms with Crippen LogP contribution >= 0.6 is 0 Å². The first-order valence-electron chi connectivity index (χ1n) is 10.1. The van der Waals surface area contributed by atoms with Gasteiger partial charge in [-0.3, -0.25) is 9.59 Å². The molecule has 0 bridgehead atoms. The second kappa shape index (κ2) is 8.47. The standard InChI is InChI=1S/C24H24N4O3/c1-14-22-19(18-6-4-5-7-20(18)28-22)12-21(26-14)24(30)27-15(2)23(29)25-13-16-8-10-17(31-3)11-9-16/h4-12,15,28H,13H2,1-3H3,(H,25,29)(H,27,30)/t15-/m0/s1. The minimum absolute atomic E-state index is 0.269. The van der Waals surface area contributed by atoms with E-state index < -0.39 is 6.04 Å². The van der Waals surface area contributed by atoms with Crippen LogP contribution < -0.4 is 15.4 Å². The number of nitrogens with one attached hydrogen (secondary N) is 3. The van der Waals surface area contributed by atoms with Crippen LogP contribution in [-0.4, -0.2) is 34.9 Å². The summed E-state index contributed by atoms with van der Waals surface area (Å²) in [5.41, 5.74) is 3.85. The Balaban J connectivity index is 1.44. The Morgan fingerprint density at radius 2 is 1.84 bits per heavy atom. The quantitative estimate of drug-likeness (QED) is 0.448. The van der Waals surface area contributed by atoms with Gasteiger partial charge in [0, 0.05) is 22.8 Å². The molecule has 7 heteroatoms. The average Bonchev–Trinajstić information content (AvgIpc) is 3.17. The third-order valence-corrected chi connectivity index (χ3v) is 5.28. The van der Waals surface area contributed by atoms with E-state index in [0.717, 1.165) is 38.8 Å². The fourth-order valence-corrected chi connectivity index (χ4v) is 3.54. The lowest BCUT2D eigenvalue weighted by molar-refractivity contribution is -0.122. The first kappa shape index (κ1) is 20.4. The van der Waals surface area contributed by atoms with Gasteiger partial charge in [-0.05, 0) is 43.7 Å². The number of pyridine rings is 1. The van der Waals surface area contributed by atoms with Gasteiger partial charge in [0.1, 0.15) is 17.5 Å². The minimum atomic E-state index is -0.702. The van der Waals surface area contributed by atoms with Crippen LogP contribution in [0.4, 0.5) is 0 Å². The molecule has 4 aromatic rings. The summed E-state index contributed by atoms with van der Waals surface area (Å²) in [6, 6.07) is 16.4. The fourth-order valence-electron chi connectivity index (χ4n) is 3.54. The number of para-hydroxylation sites is 1. The lowest BCUT2D eigenvalue weighted by atomic mass is 10.1. The summed E-state index contributed by atoms with van der Waals surface area (Å²) in [4.78, 5) is 33.0. The van der Waals surface area contributed by atoms with Crippen LogP contribution in [0, 0.1) is 6.92 Å². The van der Waals surface area contributed by atoms with Gasteiger partial charge in [0.05, 0.1) is 18.3 Å². The molecule has 4 rings (SSSR count). The predicted octanol–water partition coefficient (Wildman–Crippen LogP) is 3.47. The van der Waals surface area contributed by atoms with Crippen molar-refractivity contribution in [2.75, 3.05) is 7.11 Å². The smallest absolute Gasteiger partial charge is 0.270 e. The van der Waals surface area contributed by atoms with E-state index in [4.69, 9.17) is 4.74 Å². The van der Waals surface area contributed by atoms with Gasteiger partial charge in [-0.2, -0.15) is 0 Å². The number of aromatic amines is 1. The van der Waals surface area contributed by atoms with Gasteiger partial charge < -0.3 is 20.4 Å². The monoisotopic (exact) mass is 416 g/mol. The van der Waals surface area contributed by atoms with Gasteiger partial charge in [0.15, 0.2) is 0 Å². The molecule has 7 nitrogen and oxygen atoms in total. The van der Waals surface area contributed by atoms with Crippen LogP contribution in [0.3, 0.4) is 0 Å². The van der Waals surface area contributed by atoms with Crippen molar-refractivity contribution in [3.8, 4) is 5.75 Å². The molecule has 31 heavy (non-hydrogen) atoms. The summed E-state index contributed by atoms with van der Waals surface area (Å²) in [7, 11) is 1.60. The van der Waals surface area contributed by atoms with E-state index in [2.05, 4.69) is 20.6 Å². The maximum atomic E-state index is 12.8. The number of fused-ring (bicyclic) bond motifs is 3. The van der Waals surface area contributed by atoms with E-state index in [1.54, 1.807) is 20.1 Å². The summed E-state index contributed by atoms with van der Waals surface area (Å²) < 4.78 is 5.13. The molecule has 0 spiro atoms. The van der Waals surface area contributed by atoms with Crippen LogP contribution in [0.15, 0.2) is 54.6 Å². The number of ether oxygens (including phenoxy) is 1. The summed E-state index contributed by atoms with van der Waals surface area (Å²) in [5.74, 6) is 0.0992. The molecule has 158 valence electrons. The van der Waals surface area contributed by atoms with Crippen molar-refractivity contribution >= 4 is 33.6 Å². The maximum absolute atomic E-state index is 12.8. The first-order valence-corrected chi connectivity index (χ1v) is 10.1. The number of rotatable bonds is 6. The second-order valence-corrected chi connectivity index (χ2v) is 7.45. The molecule has 0 aliphatic rings. The molecular weight excluding hydrogens is 392 g/mol. The number of benzene rings is 2. The van der Waals surface area contributed by atoms with Crippen molar-refractivity contribution in [1.82, 2.24) is 20.6 Å². The van der Waals surface area contributed by atoms with Crippen molar-refractivity contribution in [2.24, 2.45) is 0 Å². The third kappa shape index (κ3) is 4.21. The van der Waals surface area contributed by atoms with Crippen molar-refractivity contribution in [3.63, 3.8) is 0 Å². The zero-order valence-electron chi connectivity index (χ0n) is 17.7. The van der Waals surface area contributed by atoms with Crippen molar-refractivity contribution in [1.29, 1.82) is 0 Å². The average molecular weight is 416 g/mol. The summed E-state index contributed by atoms with van der Waals surface area (Å²) in [6.45, 7) is 3.87. The lowest BCUT2D eigenvalue weighted by Crippen LogP contribution is -2.44. The Bertz CT molecular complexity index is 1260. The molecule has 1 atom stereocenters. The van der Waals surface area contributed by atoms with Gasteiger partial charge >= 0.3 is 0 Å². The highest BCUT2D eigenvalue weighted by Crippen LogP contribution is 2.27. The summed E-state index contributed by atoms with van der Waals surface area (Å²) in [5, 5.41) is 7.54. The number of aromatic nitrogens is 2. The molecule has 0 unspecified atom stereocenters. The zero-order valence-corrected chi connectivity index (χ0v) is 17.7. The highest BCUT2D eigenvalue weighted by Gasteiger charge is 2.19. The SMILES string of the molecule is COc1ccc(CNC(=O)[C@H](C)NC(=O)c2cc3c([nH]c4ccccc43)c(C)n2)cc1. The number of nitrogens with zero attached hydrogens (tertiary/aromatic N) is 1. The molecule has 0 aliphatic heterocycles. The van der Waals surface area contributed by atoms with E-state index in [1.807, 2.05) is 55.5 Å². The molecular formula is C24H24N4O3. The number of carbonyl (C=O) groups excluding carboxylic acids is 2. The minimum Gasteiger partial charge on any atom is -0.497 e. The number of aryl methyl sites for hydroxylation is 1. The van der Waals surface area contributed by atoms with E-state index >= 15 is 0 Å². The maximum Gasteiger partial charge on any atom is 0.270 e. The number of carbonyl (C=O) groups is 2. The molecule has 0 radical (unpaired) electrons.